The first-order valence-electron chi connectivity index (χ1n) is 9.52. The molecule has 9 heteroatoms. The maximum atomic E-state index is 12.5. The predicted molar refractivity (Wildman–Crippen MR) is 111 cm³/mol. The average molecular weight is 423 g/mol. The number of anilines is 1. The van der Waals surface area contributed by atoms with Crippen LogP contribution in [-0.4, -0.2) is 55.8 Å². The Labute approximate surface area is 170 Å². The van der Waals surface area contributed by atoms with Crippen molar-refractivity contribution in [1.29, 1.82) is 0 Å². The highest BCUT2D eigenvalue weighted by molar-refractivity contribution is 7.89. The fourth-order valence-corrected chi connectivity index (χ4v) is 5.66. The maximum Gasteiger partial charge on any atom is 0.251 e. The van der Waals surface area contributed by atoms with Crippen LogP contribution in [0.15, 0.2) is 40.7 Å². The number of benzene rings is 1. The number of hydrogen-bond donors (Lipinski definition) is 1. The number of carbonyl (C=O) groups excluding carboxylic acids is 1. The van der Waals surface area contributed by atoms with Crippen LogP contribution in [0.2, 0.25) is 0 Å². The van der Waals surface area contributed by atoms with Crippen LogP contribution in [0.25, 0.3) is 0 Å². The van der Waals surface area contributed by atoms with Gasteiger partial charge in [-0.1, -0.05) is 13.8 Å². The zero-order valence-corrected chi connectivity index (χ0v) is 17.8. The summed E-state index contributed by atoms with van der Waals surface area (Å²) in [5.41, 5.74) is 0.456. The van der Waals surface area contributed by atoms with Gasteiger partial charge < -0.3 is 10.2 Å². The first-order valence-corrected chi connectivity index (χ1v) is 11.8. The Morgan fingerprint density at radius 3 is 2.61 bits per heavy atom. The lowest BCUT2D eigenvalue weighted by Crippen LogP contribution is -2.40. The Bertz CT molecular complexity index is 878. The molecule has 0 spiro atoms. The number of amides is 1. The minimum absolute atomic E-state index is 0.197. The van der Waals surface area contributed by atoms with Gasteiger partial charge in [-0.25, -0.2) is 13.4 Å². The van der Waals surface area contributed by atoms with E-state index in [0.29, 0.717) is 25.2 Å². The van der Waals surface area contributed by atoms with Gasteiger partial charge in [-0.15, -0.1) is 11.3 Å². The van der Waals surface area contributed by atoms with Crippen LogP contribution in [0.1, 0.15) is 37.0 Å². The van der Waals surface area contributed by atoms with Gasteiger partial charge in [-0.3, -0.25) is 4.79 Å². The van der Waals surface area contributed by atoms with Crippen molar-refractivity contribution in [3.63, 3.8) is 0 Å². The summed E-state index contributed by atoms with van der Waals surface area (Å²) in [5, 5.41) is 5.92. The molecule has 1 N–H and O–H groups in total. The summed E-state index contributed by atoms with van der Waals surface area (Å²) in [7, 11) is -3.51. The third-order valence-corrected chi connectivity index (χ3v) is 7.87. The van der Waals surface area contributed by atoms with Gasteiger partial charge in [-0.2, -0.15) is 4.31 Å². The summed E-state index contributed by atoms with van der Waals surface area (Å²) in [5.74, 6) is -0.197. The quantitative estimate of drug-likeness (QED) is 0.707. The number of nitrogens with one attached hydrogen (secondary N) is 1. The Hall–Kier alpha value is -1.97. The van der Waals surface area contributed by atoms with Gasteiger partial charge >= 0.3 is 0 Å². The van der Waals surface area contributed by atoms with E-state index in [-0.39, 0.29) is 16.8 Å². The fraction of sp³-hybridized carbons (Fsp3) is 0.474. The monoisotopic (exact) mass is 422 g/mol. The molecule has 1 aliphatic rings. The van der Waals surface area contributed by atoms with E-state index in [9.17, 15) is 13.2 Å². The van der Waals surface area contributed by atoms with Crippen LogP contribution in [-0.2, 0) is 10.0 Å². The Morgan fingerprint density at radius 1 is 1.29 bits per heavy atom. The van der Waals surface area contributed by atoms with Gasteiger partial charge in [0.2, 0.25) is 10.0 Å². The molecular formula is C19H26N4O3S2. The third kappa shape index (κ3) is 4.37. The smallest absolute Gasteiger partial charge is 0.251 e. The first-order chi connectivity index (χ1) is 13.5. The standard InChI is InChI=1S/C19H26N4O3S2/c1-3-22(4-2)28(25,26)17-9-7-15(8-10-17)18(24)21-14-16-6-5-12-23(16)19-20-11-13-27-19/h7-11,13,16H,3-6,12,14H2,1-2H3,(H,21,24). The highest BCUT2D eigenvalue weighted by Crippen LogP contribution is 2.26. The molecule has 7 nitrogen and oxygen atoms in total. The van der Waals surface area contributed by atoms with E-state index in [1.165, 1.54) is 16.4 Å². The van der Waals surface area contributed by atoms with Crippen molar-refractivity contribution in [1.82, 2.24) is 14.6 Å². The topological polar surface area (TPSA) is 82.6 Å². The third-order valence-electron chi connectivity index (χ3n) is 5.00. The van der Waals surface area contributed by atoms with E-state index < -0.39 is 10.0 Å². The molecule has 2 heterocycles. The molecule has 1 aromatic carbocycles. The number of carbonyl (C=O) groups is 1. The molecule has 0 bridgehead atoms. The summed E-state index contributed by atoms with van der Waals surface area (Å²) in [6.45, 7) is 5.93. The van der Waals surface area contributed by atoms with Crippen molar-refractivity contribution in [2.24, 2.45) is 0 Å². The molecule has 1 unspecified atom stereocenters. The molecule has 0 aliphatic carbocycles. The van der Waals surface area contributed by atoms with Gasteiger partial charge in [0.25, 0.3) is 5.91 Å². The first kappa shape index (κ1) is 20.8. The van der Waals surface area contributed by atoms with E-state index in [4.69, 9.17) is 0 Å². The van der Waals surface area contributed by atoms with Crippen molar-refractivity contribution in [2.75, 3.05) is 31.1 Å². The number of nitrogens with zero attached hydrogens (tertiary/aromatic N) is 3. The molecule has 2 aromatic rings. The highest BCUT2D eigenvalue weighted by Gasteiger charge is 2.27. The van der Waals surface area contributed by atoms with Crippen LogP contribution in [0.5, 0.6) is 0 Å². The van der Waals surface area contributed by atoms with E-state index in [2.05, 4.69) is 15.2 Å². The van der Waals surface area contributed by atoms with Gasteiger partial charge in [0.05, 0.1) is 4.90 Å². The number of aromatic nitrogens is 1. The molecule has 1 aromatic heterocycles. The van der Waals surface area contributed by atoms with Gasteiger partial charge in [-0.05, 0) is 37.1 Å². The van der Waals surface area contributed by atoms with Crippen molar-refractivity contribution in [3.8, 4) is 0 Å². The second-order valence-electron chi connectivity index (χ2n) is 6.63. The van der Waals surface area contributed by atoms with Crippen molar-refractivity contribution >= 4 is 32.4 Å². The molecule has 1 amide bonds. The Morgan fingerprint density at radius 2 is 2.00 bits per heavy atom. The van der Waals surface area contributed by atoms with Crippen molar-refractivity contribution < 1.29 is 13.2 Å². The molecule has 1 fully saturated rings. The molecule has 28 heavy (non-hydrogen) atoms. The van der Waals surface area contributed by atoms with Crippen LogP contribution in [0, 0.1) is 0 Å². The van der Waals surface area contributed by atoms with E-state index in [0.717, 1.165) is 24.5 Å². The summed E-state index contributed by atoms with van der Waals surface area (Å²) in [6.07, 6.45) is 3.89. The Kier molecular flexibility index (Phi) is 6.69. The number of sulfonamides is 1. The van der Waals surface area contributed by atoms with Crippen LogP contribution in [0.4, 0.5) is 5.13 Å². The summed E-state index contributed by atoms with van der Waals surface area (Å²) in [6, 6.07) is 6.37. The van der Waals surface area contributed by atoms with Crippen molar-refractivity contribution in [2.45, 2.75) is 37.6 Å². The van der Waals surface area contributed by atoms with Crippen LogP contribution >= 0.6 is 11.3 Å². The summed E-state index contributed by atoms with van der Waals surface area (Å²) < 4.78 is 26.5. The number of hydrogen-bond acceptors (Lipinski definition) is 6. The minimum atomic E-state index is -3.51. The van der Waals surface area contributed by atoms with Gasteiger partial charge in [0, 0.05) is 49.4 Å². The zero-order valence-electron chi connectivity index (χ0n) is 16.2. The van der Waals surface area contributed by atoms with Crippen LogP contribution in [0.3, 0.4) is 0 Å². The minimum Gasteiger partial charge on any atom is -0.350 e. The Balaban J connectivity index is 1.62. The predicted octanol–water partition coefficient (Wildman–Crippen LogP) is 2.57. The molecule has 152 valence electrons. The lowest BCUT2D eigenvalue weighted by Gasteiger charge is -2.24. The molecule has 3 rings (SSSR count). The summed E-state index contributed by atoms with van der Waals surface area (Å²) in [4.78, 5) is 19.3. The fourth-order valence-electron chi connectivity index (χ4n) is 3.46. The normalized spacial score (nSPS) is 17.2. The van der Waals surface area contributed by atoms with E-state index in [1.54, 1.807) is 43.5 Å². The summed E-state index contributed by atoms with van der Waals surface area (Å²) >= 11 is 1.61. The van der Waals surface area contributed by atoms with Crippen LogP contribution < -0.4 is 10.2 Å². The van der Waals surface area contributed by atoms with Crippen molar-refractivity contribution in [3.05, 3.63) is 41.4 Å². The van der Waals surface area contributed by atoms with Gasteiger partial charge in [0.1, 0.15) is 0 Å². The largest absolute Gasteiger partial charge is 0.350 e. The average Bonchev–Trinajstić information content (AvgIpc) is 3.38. The molecule has 0 saturated carbocycles. The molecule has 1 atom stereocenters. The SMILES string of the molecule is CCN(CC)S(=O)(=O)c1ccc(C(=O)NCC2CCCN2c2nccs2)cc1. The second-order valence-corrected chi connectivity index (χ2v) is 9.44. The maximum absolute atomic E-state index is 12.5. The molecule has 1 aliphatic heterocycles. The highest BCUT2D eigenvalue weighted by atomic mass is 32.2. The molecular weight excluding hydrogens is 396 g/mol. The lowest BCUT2D eigenvalue weighted by atomic mass is 10.2. The van der Waals surface area contributed by atoms with Gasteiger partial charge in [0.15, 0.2) is 5.13 Å². The molecule has 1 saturated heterocycles. The zero-order chi connectivity index (χ0) is 20.1. The van der Waals surface area contributed by atoms with E-state index >= 15 is 0 Å². The molecule has 0 radical (unpaired) electrons. The lowest BCUT2D eigenvalue weighted by molar-refractivity contribution is 0.0951. The number of thiazole rings is 1. The number of rotatable bonds is 8. The second kappa shape index (κ2) is 9.02. The van der Waals surface area contributed by atoms with E-state index in [1.807, 2.05) is 5.38 Å².